The second-order valence-electron chi connectivity index (χ2n) is 6.10. The minimum Gasteiger partial charge on any atom is -0.276 e. The third kappa shape index (κ3) is 4.26. The molecule has 2 aromatic carbocycles. The lowest BCUT2D eigenvalue weighted by atomic mass is 10.2. The molecule has 1 aromatic heterocycles. The van der Waals surface area contributed by atoms with Gasteiger partial charge in [0, 0.05) is 5.02 Å². The summed E-state index contributed by atoms with van der Waals surface area (Å²) in [5, 5.41) is 5.28. The fourth-order valence-electron chi connectivity index (χ4n) is 2.69. The molecular formula is C18H15Cl4N3O2S. The fraction of sp³-hybridized carbons (Fsp3) is 0.167. The van der Waals surface area contributed by atoms with Crippen molar-refractivity contribution in [3.63, 3.8) is 0 Å². The van der Waals surface area contributed by atoms with Crippen molar-refractivity contribution in [3.05, 3.63) is 73.4 Å². The maximum Gasteiger partial charge on any atom is 0.263 e. The summed E-state index contributed by atoms with van der Waals surface area (Å²) in [5.41, 5.74) is 2.40. The van der Waals surface area contributed by atoms with E-state index in [2.05, 4.69) is 9.82 Å². The highest BCUT2D eigenvalue weighted by atomic mass is 35.5. The van der Waals surface area contributed by atoms with Gasteiger partial charge in [-0.15, -0.1) is 0 Å². The van der Waals surface area contributed by atoms with Crippen molar-refractivity contribution in [2.24, 2.45) is 0 Å². The molecule has 0 atom stereocenters. The number of aromatic nitrogens is 2. The molecule has 0 aliphatic carbocycles. The molecule has 1 heterocycles. The van der Waals surface area contributed by atoms with E-state index >= 15 is 0 Å². The van der Waals surface area contributed by atoms with Gasteiger partial charge >= 0.3 is 0 Å². The lowest BCUT2D eigenvalue weighted by molar-refractivity contribution is 0.601. The van der Waals surface area contributed by atoms with Crippen LogP contribution in [-0.2, 0) is 16.6 Å². The Morgan fingerprint density at radius 2 is 1.61 bits per heavy atom. The second kappa shape index (κ2) is 8.13. The van der Waals surface area contributed by atoms with E-state index in [1.165, 1.54) is 12.1 Å². The second-order valence-corrected chi connectivity index (χ2v) is 9.38. The van der Waals surface area contributed by atoms with Gasteiger partial charge in [-0.3, -0.25) is 9.40 Å². The number of benzene rings is 2. The lowest BCUT2D eigenvalue weighted by Gasteiger charge is -2.11. The number of aryl methyl sites for hydroxylation is 1. The van der Waals surface area contributed by atoms with E-state index in [1.807, 2.05) is 18.2 Å². The van der Waals surface area contributed by atoms with Crippen molar-refractivity contribution in [1.82, 2.24) is 9.78 Å². The Morgan fingerprint density at radius 1 is 0.964 bits per heavy atom. The van der Waals surface area contributed by atoms with Crippen LogP contribution in [0, 0.1) is 13.8 Å². The van der Waals surface area contributed by atoms with Gasteiger partial charge in [0.25, 0.3) is 10.0 Å². The van der Waals surface area contributed by atoms with Crippen molar-refractivity contribution in [2.75, 3.05) is 4.72 Å². The molecule has 0 aliphatic rings. The SMILES string of the molecule is Cc1nn(Cc2ccccc2Cl)c(C)c1NS(=O)(=O)c1cc(Cl)c(Cl)cc1Cl. The molecule has 0 saturated heterocycles. The molecule has 3 rings (SSSR count). The largest absolute Gasteiger partial charge is 0.276 e. The standard InChI is InChI=1S/C18H15Cl4N3O2S/c1-10-18(11(2)25(23-10)9-12-5-3-4-6-13(12)19)24-28(26,27)17-8-15(21)14(20)7-16(17)22/h3-8,24H,9H2,1-2H3. The first-order valence-electron chi connectivity index (χ1n) is 8.05. The van der Waals surface area contributed by atoms with Crippen LogP contribution in [0.1, 0.15) is 17.0 Å². The first kappa shape index (κ1) is 21.3. The Labute approximate surface area is 183 Å². The van der Waals surface area contributed by atoms with Gasteiger partial charge in [0.2, 0.25) is 0 Å². The summed E-state index contributed by atoms with van der Waals surface area (Å²) in [6, 6.07) is 9.90. The minimum absolute atomic E-state index is 0.0272. The zero-order valence-corrected chi connectivity index (χ0v) is 18.6. The number of nitrogens with zero attached hydrogens (tertiary/aromatic N) is 2. The number of nitrogens with one attached hydrogen (secondary N) is 1. The van der Waals surface area contributed by atoms with Crippen LogP contribution >= 0.6 is 46.4 Å². The van der Waals surface area contributed by atoms with Gasteiger partial charge in [0.05, 0.1) is 38.7 Å². The molecule has 0 spiro atoms. The van der Waals surface area contributed by atoms with Gasteiger partial charge in [-0.05, 0) is 37.6 Å². The summed E-state index contributed by atoms with van der Waals surface area (Å²) in [7, 11) is -4.00. The van der Waals surface area contributed by atoms with E-state index in [4.69, 9.17) is 46.4 Å². The van der Waals surface area contributed by atoms with Crippen LogP contribution in [-0.4, -0.2) is 18.2 Å². The van der Waals surface area contributed by atoms with Crippen LogP contribution in [0.3, 0.4) is 0 Å². The highest BCUT2D eigenvalue weighted by molar-refractivity contribution is 7.92. The zero-order chi connectivity index (χ0) is 20.6. The topological polar surface area (TPSA) is 64.0 Å². The molecule has 0 fully saturated rings. The van der Waals surface area contributed by atoms with Gasteiger partial charge in [-0.25, -0.2) is 8.42 Å². The monoisotopic (exact) mass is 477 g/mol. The Morgan fingerprint density at radius 3 is 2.29 bits per heavy atom. The molecule has 148 valence electrons. The quantitative estimate of drug-likeness (QED) is 0.460. The predicted molar refractivity (Wildman–Crippen MR) is 115 cm³/mol. The average Bonchev–Trinajstić information content (AvgIpc) is 2.87. The highest BCUT2D eigenvalue weighted by Gasteiger charge is 2.23. The van der Waals surface area contributed by atoms with Crippen LogP contribution in [0.4, 0.5) is 5.69 Å². The van der Waals surface area contributed by atoms with Gasteiger partial charge in [0.15, 0.2) is 0 Å². The summed E-state index contributed by atoms with van der Waals surface area (Å²) >= 11 is 24.1. The Balaban J connectivity index is 1.96. The van der Waals surface area contributed by atoms with E-state index in [-0.39, 0.29) is 20.0 Å². The Hall–Kier alpha value is -1.44. The van der Waals surface area contributed by atoms with Crippen molar-refractivity contribution < 1.29 is 8.42 Å². The van der Waals surface area contributed by atoms with Crippen molar-refractivity contribution >= 4 is 62.1 Å². The Bertz CT molecular complexity index is 1160. The molecule has 0 saturated carbocycles. The predicted octanol–water partition coefficient (Wildman–Crippen LogP) is 5.96. The minimum atomic E-state index is -4.00. The smallest absolute Gasteiger partial charge is 0.263 e. The van der Waals surface area contributed by atoms with E-state index in [0.29, 0.717) is 28.6 Å². The van der Waals surface area contributed by atoms with Crippen LogP contribution in [0.25, 0.3) is 0 Å². The van der Waals surface area contributed by atoms with E-state index < -0.39 is 10.0 Å². The number of hydrogen-bond acceptors (Lipinski definition) is 3. The molecule has 1 N–H and O–H groups in total. The van der Waals surface area contributed by atoms with Crippen molar-refractivity contribution in [1.29, 1.82) is 0 Å². The molecule has 3 aromatic rings. The molecule has 10 heteroatoms. The van der Waals surface area contributed by atoms with Gasteiger partial charge in [-0.2, -0.15) is 5.10 Å². The maximum absolute atomic E-state index is 12.9. The molecule has 0 amide bonds. The molecule has 0 bridgehead atoms. The fourth-order valence-corrected chi connectivity index (χ4v) is 5.06. The van der Waals surface area contributed by atoms with Crippen LogP contribution in [0.15, 0.2) is 41.3 Å². The molecular weight excluding hydrogens is 464 g/mol. The van der Waals surface area contributed by atoms with Crippen LogP contribution in [0.2, 0.25) is 20.1 Å². The van der Waals surface area contributed by atoms with E-state index in [0.717, 1.165) is 5.56 Å². The number of rotatable bonds is 5. The number of anilines is 1. The van der Waals surface area contributed by atoms with Gasteiger partial charge < -0.3 is 0 Å². The van der Waals surface area contributed by atoms with Crippen LogP contribution in [0.5, 0.6) is 0 Å². The maximum atomic E-state index is 12.9. The normalized spacial score (nSPS) is 11.6. The van der Waals surface area contributed by atoms with Gasteiger partial charge in [0.1, 0.15) is 4.90 Å². The third-order valence-corrected chi connectivity index (χ3v) is 7.07. The molecule has 0 aliphatic heterocycles. The third-order valence-electron chi connectivity index (χ3n) is 4.16. The molecule has 0 unspecified atom stereocenters. The first-order chi connectivity index (χ1) is 13.1. The van der Waals surface area contributed by atoms with Gasteiger partial charge in [-0.1, -0.05) is 64.6 Å². The van der Waals surface area contributed by atoms with E-state index in [1.54, 1.807) is 24.6 Å². The molecule has 0 radical (unpaired) electrons. The molecule has 28 heavy (non-hydrogen) atoms. The zero-order valence-electron chi connectivity index (χ0n) is 14.8. The summed E-state index contributed by atoms with van der Waals surface area (Å²) in [6.45, 7) is 3.89. The van der Waals surface area contributed by atoms with E-state index in [9.17, 15) is 8.42 Å². The Kier molecular flexibility index (Phi) is 6.17. The van der Waals surface area contributed by atoms with Crippen LogP contribution < -0.4 is 4.72 Å². The lowest BCUT2D eigenvalue weighted by Crippen LogP contribution is -2.15. The number of halogens is 4. The first-order valence-corrected chi connectivity index (χ1v) is 11.0. The number of sulfonamides is 1. The summed E-state index contributed by atoms with van der Waals surface area (Å²) in [6.07, 6.45) is 0. The summed E-state index contributed by atoms with van der Waals surface area (Å²) in [5.74, 6) is 0. The van der Waals surface area contributed by atoms with Crippen molar-refractivity contribution in [3.8, 4) is 0 Å². The number of hydrogen-bond donors (Lipinski definition) is 1. The summed E-state index contributed by atoms with van der Waals surface area (Å²) < 4.78 is 29.9. The average molecular weight is 479 g/mol. The molecule has 5 nitrogen and oxygen atoms in total. The summed E-state index contributed by atoms with van der Waals surface area (Å²) in [4.78, 5) is -0.166. The highest BCUT2D eigenvalue weighted by Crippen LogP contribution is 2.33. The van der Waals surface area contributed by atoms with Crippen molar-refractivity contribution in [2.45, 2.75) is 25.3 Å².